The van der Waals surface area contributed by atoms with Crippen LogP contribution in [0.5, 0.6) is 17.2 Å². The van der Waals surface area contributed by atoms with Gasteiger partial charge in [-0.2, -0.15) is 13.2 Å². The summed E-state index contributed by atoms with van der Waals surface area (Å²) in [7, 11) is 3.96. The number of hydrogen-bond acceptors (Lipinski definition) is 7. The zero-order chi connectivity index (χ0) is 31.5. The molecular formula is C33H34F3N5O4. The van der Waals surface area contributed by atoms with Gasteiger partial charge in [-0.05, 0) is 75.3 Å². The number of carbonyl (C=O) groups is 2. The van der Waals surface area contributed by atoms with E-state index in [4.69, 9.17) is 9.47 Å². The molecule has 4 heterocycles. The lowest BCUT2D eigenvalue weighted by Crippen LogP contribution is -2.55. The van der Waals surface area contributed by atoms with Crippen molar-refractivity contribution in [1.82, 2.24) is 20.1 Å². The van der Waals surface area contributed by atoms with Gasteiger partial charge in [-0.3, -0.25) is 14.5 Å². The minimum atomic E-state index is -4.58. The van der Waals surface area contributed by atoms with Crippen molar-refractivity contribution in [2.24, 2.45) is 0 Å². The van der Waals surface area contributed by atoms with Crippen LogP contribution in [0.3, 0.4) is 0 Å². The molecule has 236 valence electrons. The molecule has 2 amide bonds. The fraction of sp³-hybridized carbons (Fsp3) is 0.424. The highest BCUT2D eigenvalue weighted by molar-refractivity contribution is 5.95. The topological polar surface area (TPSA) is 96.0 Å². The molecule has 7 rings (SSSR count). The molecule has 0 spiro atoms. The summed E-state index contributed by atoms with van der Waals surface area (Å²) < 4.78 is 54.6. The molecule has 2 fully saturated rings. The Morgan fingerprint density at radius 1 is 1.18 bits per heavy atom. The molecule has 0 bridgehead atoms. The minimum absolute atomic E-state index is 0.0230. The Kier molecular flexibility index (Phi) is 7.44. The van der Waals surface area contributed by atoms with E-state index < -0.39 is 17.6 Å². The molecule has 3 aliphatic heterocycles. The number of aromatic nitrogens is 1. The highest BCUT2D eigenvalue weighted by Crippen LogP contribution is 2.51. The Bertz CT molecular complexity index is 1660. The van der Waals surface area contributed by atoms with Crippen molar-refractivity contribution in [3.8, 4) is 17.2 Å². The number of pyridine rings is 1. The first kappa shape index (κ1) is 29.5. The van der Waals surface area contributed by atoms with Gasteiger partial charge in [-0.15, -0.1) is 0 Å². The largest absolute Gasteiger partial charge is 0.487 e. The molecule has 3 aromatic rings. The van der Waals surface area contributed by atoms with Crippen molar-refractivity contribution in [2.75, 3.05) is 32.5 Å². The molecule has 4 atom stereocenters. The lowest BCUT2D eigenvalue weighted by atomic mass is 9.74. The number of rotatable bonds is 7. The maximum Gasteiger partial charge on any atom is 0.416 e. The van der Waals surface area contributed by atoms with Crippen molar-refractivity contribution in [1.29, 1.82) is 0 Å². The number of likely N-dealkylation sites (tertiary alicyclic amines) is 1. The van der Waals surface area contributed by atoms with E-state index in [1.165, 1.54) is 12.1 Å². The molecule has 1 unspecified atom stereocenters. The third-order valence-electron chi connectivity index (χ3n) is 9.41. The summed E-state index contributed by atoms with van der Waals surface area (Å²) in [5.74, 6) is 1.83. The third kappa shape index (κ3) is 5.72. The normalized spacial score (nSPS) is 23.8. The summed E-state index contributed by atoms with van der Waals surface area (Å²) in [6, 6.07) is 11.2. The van der Waals surface area contributed by atoms with E-state index in [1.807, 2.05) is 31.1 Å². The average Bonchev–Trinajstić information content (AvgIpc) is 3.57. The molecule has 4 aliphatic rings. The average molecular weight is 622 g/mol. The van der Waals surface area contributed by atoms with Crippen molar-refractivity contribution in [3.63, 3.8) is 0 Å². The van der Waals surface area contributed by atoms with Crippen molar-refractivity contribution in [3.05, 3.63) is 76.5 Å². The predicted molar refractivity (Wildman–Crippen MR) is 160 cm³/mol. The third-order valence-corrected chi connectivity index (χ3v) is 9.41. The van der Waals surface area contributed by atoms with E-state index in [1.54, 1.807) is 18.3 Å². The maximum atomic E-state index is 14.1. The number of nitrogens with zero attached hydrogens (tertiary/aromatic N) is 3. The van der Waals surface area contributed by atoms with Crippen LogP contribution >= 0.6 is 0 Å². The second kappa shape index (κ2) is 11.3. The molecular weight excluding hydrogens is 587 g/mol. The first-order chi connectivity index (χ1) is 21.5. The Balaban J connectivity index is 1.01. The van der Waals surface area contributed by atoms with Gasteiger partial charge in [-0.1, -0.05) is 6.07 Å². The predicted octanol–water partition coefficient (Wildman–Crippen LogP) is 4.96. The van der Waals surface area contributed by atoms with Crippen LogP contribution in [0.25, 0.3) is 0 Å². The number of benzene rings is 2. The summed E-state index contributed by atoms with van der Waals surface area (Å²) in [5.41, 5.74) is 1.18. The monoisotopic (exact) mass is 621 g/mol. The maximum absolute atomic E-state index is 14.1. The quantitative estimate of drug-likeness (QED) is 0.385. The van der Waals surface area contributed by atoms with Gasteiger partial charge < -0.3 is 25.0 Å². The van der Waals surface area contributed by atoms with Gasteiger partial charge in [-0.25, -0.2) is 4.98 Å². The van der Waals surface area contributed by atoms with Crippen LogP contribution in [-0.4, -0.2) is 72.0 Å². The number of alkyl halides is 3. The summed E-state index contributed by atoms with van der Waals surface area (Å²) in [5, 5.41) is 5.67. The van der Waals surface area contributed by atoms with Crippen LogP contribution in [0.2, 0.25) is 0 Å². The molecule has 0 radical (unpaired) electrons. The lowest BCUT2D eigenvalue weighted by molar-refractivity contribution is -0.138. The summed E-state index contributed by atoms with van der Waals surface area (Å²) in [6.45, 7) is 1.62. The van der Waals surface area contributed by atoms with Gasteiger partial charge in [0.15, 0.2) is 0 Å². The highest BCUT2D eigenvalue weighted by atomic mass is 19.4. The van der Waals surface area contributed by atoms with E-state index in [0.717, 1.165) is 30.2 Å². The molecule has 2 N–H and O–H groups in total. The zero-order valence-electron chi connectivity index (χ0n) is 25.0. The number of hydrogen-bond donors (Lipinski definition) is 2. The SMILES string of the molecule is CN(C)[C@@H]1CCN(Cc2ccc(C(=O)NC3C[C@@H]4c5cc(Oc6ccnc7c6CCC(=O)N7)ccc5O[C@H]34)cc2C(F)(F)F)C1. The number of anilines is 1. The van der Waals surface area contributed by atoms with Crippen LogP contribution in [-0.2, 0) is 23.9 Å². The minimum Gasteiger partial charge on any atom is -0.487 e. The summed E-state index contributed by atoms with van der Waals surface area (Å²) in [4.78, 5) is 33.3. The van der Waals surface area contributed by atoms with E-state index in [2.05, 4.69) is 20.5 Å². The number of amides is 2. The van der Waals surface area contributed by atoms with E-state index in [-0.39, 0.29) is 41.6 Å². The number of fused-ring (bicyclic) bond motifs is 4. The van der Waals surface area contributed by atoms with Crippen LogP contribution in [0.1, 0.15) is 57.8 Å². The molecule has 2 aromatic carbocycles. The number of carbonyl (C=O) groups excluding carboxylic acids is 2. The molecule has 1 aliphatic carbocycles. The fourth-order valence-electron chi connectivity index (χ4n) is 6.84. The van der Waals surface area contributed by atoms with Gasteiger partial charge in [0.1, 0.15) is 29.2 Å². The van der Waals surface area contributed by atoms with Crippen molar-refractivity contribution in [2.45, 2.75) is 62.5 Å². The smallest absolute Gasteiger partial charge is 0.416 e. The fourth-order valence-corrected chi connectivity index (χ4v) is 6.84. The zero-order valence-corrected chi connectivity index (χ0v) is 25.0. The molecule has 9 nitrogen and oxygen atoms in total. The molecule has 1 saturated carbocycles. The van der Waals surface area contributed by atoms with E-state index in [9.17, 15) is 22.8 Å². The van der Waals surface area contributed by atoms with Gasteiger partial charge in [0.2, 0.25) is 5.91 Å². The van der Waals surface area contributed by atoms with Crippen LogP contribution in [0, 0.1) is 0 Å². The summed E-state index contributed by atoms with van der Waals surface area (Å²) >= 11 is 0. The Labute approximate surface area is 258 Å². The number of likely N-dealkylation sites (N-methyl/N-ethyl adjacent to an activating group) is 1. The van der Waals surface area contributed by atoms with E-state index in [0.29, 0.717) is 54.9 Å². The van der Waals surface area contributed by atoms with Gasteiger partial charge >= 0.3 is 6.18 Å². The van der Waals surface area contributed by atoms with E-state index >= 15 is 0 Å². The first-order valence-electron chi connectivity index (χ1n) is 15.2. The Morgan fingerprint density at radius 3 is 2.80 bits per heavy atom. The number of halogens is 3. The standard InChI is InChI=1S/C33H34F3N5O4/c1-40(2)20-10-12-41(17-20)16-19-4-3-18(13-25(19)33(34,35)36)32(43)38-26-15-24-23-14-21(5-7-27(23)45-30(24)26)44-28-9-11-37-31-22(28)6-8-29(42)39-31/h3-5,7,9,11,13-14,20,24,26,30H,6,8,10,12,15-17H2,1-2H3,(H,38,43)(H,37,39,42)/t20-,24-,26?,30+/m1/s1. The number of ether oxygens (including phenoxy) is 2. The number of nitrogens with one attached hydrogen (secondary N) is 2. The van der Waals surface area contributed by atoms with Crippen molar-refractivity contribution < 1.29 is 32.2 Å². The van der Waals surface area contributed by atoms with Crippen molar-refractivity contribution >= 4 is 17.6 Å². The highest BCUT2D eigenvalue weighted by Gasteiger charge is 2.50. The van der Waals surface area contributed by atoms with Crippen LogP contribution < -0.4 is 20.1 Å². The van der Waals surface area contributed by atoms with Gasteiger partial charge in [0.05, 0.1) is 11.6 Å². The van der Waals surface area contributed by atoms with Gasteiger partial charge in [0.25, 0.3) is 5.91 Å². The second-order valence-electron chi connectivity index (χ2n) is 12.5. The Hall–Kier alpha value is -4.16. The second-order valence-corrected chi connectivity index (χ2v) is 12.5. The molecule has 45 heavy (non-hydrogen) atoms. The lowest BCUT2D eigenvalue weighted by Gasteiger charge is -2.39. The van der Waals surface area contributed by atoms with Crippen LogP contribution in [0.15, 0.2) is 48.7 Å². The molecule has 1 saturated heterocycles. The summed E-state index contributed by atoms with van der Waals surface area (Å²) in [6.07, 6.45) is -0.904. The van der Waals surface area contributed by atoms with Crippen LogP contribution in [0.4, 0.5) is 19.0 Å². The molecule has 12 heteroatoms. The van der Waals surface area contributed by atoms with Gasteiger partial charge in [0, 0.05) is 60.9 Å². The Morgan fingerprint density at radius 2 is 2.02 bits per heavy atom. The molecule has 1 aromatic heterocycles. The first-order valence-corrected chi connectivity index (χ1v) is 15.2.